The van der Waals surface area contributed by atoms with Gasteiger partial charge in [-0.25, -0.2) is 0 Å². The van der Waals surface area contributed by atoms with E-state index in [2.05, 4.69) is 136 Å². The van der Waals surface area contributed by atoms with E-state index in [1.54, 1.807) is 0 Å². The van der Waals surface area contributed by atoms with Gasteiger partial charge in [-0.3, -0.25) is 9.59 Å². The smallest absolute Gasteiger partial charge is 0.306 e. The highest BCUT2D eigenvalue weighted by molar-refractivity contribution is 5.70. The van der Waals surface area contributed by atoms with Gasteiger partial charge in [-0.2, -0.15) is 0 Å². The van der Waals surface area contributed by atoms with Gasteiger partial charge in [-0.05, 0) is 96.3 Å². The fourth-order valence-corrected chi connectivity index (χ4v) is 8.47. The molecule has 0 amide bonds. The zero-order chi connectivity index (χ0) is 53.4. The van der Waals surface area contributed by atoms with Crippen molar-refractivity contribution in [2.45, 2.75) is 284 Å². The van der Waals surface area contributed by atoms with Crippen LogP contribution in [-0.2, 0) is 23.8 Å². The lowest BCUT2D eigenvalue weighted by molar-refractivity contribution is -0.162. The van der Waals surface area contributed by atoms with Crippen LogP contribution in [0.3, 0.4) is 0 Å². The van der Waals surface area contributed by atoms with Crippen molar-refractivity contribution >= 4 is 11.9 Å². The van der Waals surface area contributed by atoms with Crippen LogP contribution in [0.25, 0.3) is 0 Å². The van der Waals surface area contributed by atoms with Crippen LogP contribution in [-0.4, -0.2) is 37.9 Å². The van der Waals surface area contributed by atoms with Gasteiger partial charge in [0.05, 0.1) is 6.61 Å². The van der Waals surface area contributed by atoms with Crippen LogP contribution in [0.4, 0.5) is 0 Å². The molecular formula is C69H116O5. The monoisotopic (exact) mass is 1020 g/mol. The summed E-state index contributed by atoms with van der Waals surface area (Å²) in [4.78, 5) is 25.6. The third-order valence-corrected chi connectivity index (χ3v) is 13.0. The maximum absolute atomic E-state index is 12.9. The van der Waals surface area contributed by atoms with Crippen LogP contribution >= 0.6 is 0 Å². The average Bonchev–Trinajstić information content (AvgIpc) is 3.40. The molecule has 0 spiro atoms. The highest BCUT2D eigenvalue weighted by atomic mass is 16.6. The first-order valence-electron chi connectivity index (χ1n) is 31.1. The number of esters is 2. The maximum Gasteiger partial charge on any atom is 0.306 e. The number of hydrogen-bond acceptors (Lipinski definition) is 5. The van der Waals surface area contributed by atoms with E-state index in [0.29, 0.717) is 25.9 Å². The van der Waals surface area contributed by atoms with E-state index in [4.69, 9.17) is 14.2 Å². The Balaban J connectivity index is 4.41. The molecule has 74 heavy (non-hydrogen) atoms. The van der Waals surface area contributed by atoms with Crippen molar-refractivity contribution in [1.82, 2.24) is 0 Å². The minimum atomic E-state index is -0.581. The molecule has 0 saturated carbocycles. The largest absolute Gasteiger partial charge is 0.462 e. The van der Waals surface area contributed by atoms with E-state index in [1.165, 1.54) is 141 Å². The summed E-state index contributed by atoms with van der Waals surface area (Å²) >= 11 is 0. The molecule has 0 aromatic carbocycles. The van der Waals surface area contributed by atoms with Crippen molar-refractivity contribution in [3.05, 3.63) is 122 Å². The lowest BCUT2D eigenvalue weighted by atomic mass is 10.0. The summed E-state index contributed by atoms with van der Waals surface area (Å²) in [7, 11) is 0. The molecule has 0 fully saturated rings. The fraction of sp³-hybridized carbons (Fsp3) is 0.681. The number of allylic oxidation sites excluding steroid dienone is 20. The highest BCUT2D eigenvalue weighted by Crippen LogP contribution is 2.16. The lowest BCUT2D eigenvalue weighted by Crippen LogP contribution is -2.30. The molecule has 5 nitrogen and oxygen atoms in total. The Bertz CT molecular complexity index is 1490. The Morgan fingerprint density at radius 3 is 1.03 bits per heavy atom. The second-order valence-electron chi connectivity index (χ2n) is 20.2. The lowest BCUT2D eigenvalue weighted by Gasteiger charge is -2.18. The SMILES string of the molecule is CC/C=C\C/C=C\C/C=C\C/C=C\C/C=C\C/C=C\CCC(=O)OCC(COCCCCCCCCC/C=C\C/C=C\C/C=C\C/C=C\CC)OC(=O)CCCCCCCCCCCCCCCCCCCCC. The van der Waals surface area contributed by atoms with Gasteiger partial charge < -0.3 is 14.2 Å². The molecule has 1 unspecified atom stereocenters. The molecule has 0 radical (unpaired) electrons. The van der Waals surface area contributed by atoms with Crippen LogP contribution in [0.2, 0.25) is 0 Å². The Labute approximate surface area is 458 Å². The Morgan fingerprint density at radius 2 is 0.635 bits per heavy atom. The first kappa shape index (κ1) is 70.3. The van der Waals surface area contributed by atoms with Crippen molar-refractivity contribution in [3.8, 4) is 0 Å². The normalized spacial score (nSPS) is 13.1. The first-order valence-corrected chi connectivity index (χ1v) is 31.1. The van der Waals surface area contributed by atoms with Gasteiger partial charge in [0.25, 0.3) is 0 Å². The molecule has 1 atom stereocenters. The van der Waals surface area contributed by atoms with Crippen LogP contribution in [0, 0.1) is 0 Å². The summed E-state index contributed by atoms with van der Waals surface area (Å²) in [6.07, 6.45) is 89.6. The van der Waals surface area contributed by atoms with E-state index >= 15 is 0 Å². The molecule has 0 aliphatic rings. The molecule has 0 saturated heterocycles. The molecule has 0 aromatic rings. The predicted octanol–water partition coefficient (Wildman–Crippen LogP) is 21.7. The second-order valence-corrected chi connectivity index (χ2v) is 20.2. The zero-order valence-electron chi connectivity index (χ0n) is 48.6. The Kier molecular flexibility index (Phi) is 60.4. The third kappa shape index (κ3) is 60.9. The van der Waals surface area contributed by atoms with Gasteiger partial charge in [0.15, 0.2) is 6.10 Å². The topological polar surface area (TPSA) is 61.8 Å². The zero-order valence-corrected chi connectivity index (χ0v) is 48.6. The molecule has 0 rings (SSSR count). The molecule has 0 aromatic heterocycles. The average molecular weight is 1030 g/mol. The van der Waals surface area contributed by atoms with Gasteiger partial charge in [0.2, 0.25) is 0 Å². The first-order chi connectivity index (χ1) is 36.6. The van der Waals surface area contributed by atoms with Crippen LogP contribution in [0.1, 0.15) is 278 Å². The Hall–Kier alpha value is -3.70. The van der Waals surface area contributed by atoms with Gasteiger partial charge in [-0.15, -0.1) is 0 Å². The van der Waals surface area contributed by atoms with E-state index < -0.39 is 6.10 Å². The Morgan fingerprint density at radius 1 is 0.311 bits per heavy atom. The number of carbonyl (C=O) groups excluding carboxylic acids is 2. The van der Waals surface area contributed by atoms with Crippen molar-refractivity contribution < 1.29 is 23.8 Å². The highest BCUT2D eigenvalue weighted by Gasteiger charge is 2.17. The van der Waals surface area contributed by atoms with E-state index in [1.807, 2.05) is 6.08 Å². The summed E-state index contributed by atoms with van der Waals surface area (Å²) in [5, 5.41) is 0. The van der Waals surface area contributed by atoms with E-state index in [-0.39, 0.29) is 25.2 Å². The summed E-state index contributed by atoms with van der Waals surface area (Å²) in [5.74, 6) is -0.496. The van der Waals surface area contributed by atoms with Gasteiger partial charge in [-0.1, -0.05) is 290 Å². The molecular weight excluding hydrogens is 909 g/mol. The maximum atomic E-state index is 12.9. The molecule has 0 heterocycles. The van der Waals surface area contributed by atoms with Crippen LogP contribution in [0.15, 0.2) is 122 Å². The quantitative estimate of drug-likeness (QED) is 0.0345. The predicted molar refractivity (Wildman–Crippen MR) is 325 cm³/mol. The molecule has 422 valence electrons. The summed E-state index contributed by atoms with van der Waals surface area (Å²) in [5.41, 5.74) is 0. The van der Waals surface area contributed by atoms with Crippen molar-refractivity contribution in [2.75, 3.05) is 19.8 Å². The van der Waals surface area contributed by atoms with Gasteiger partial charge in [0.1, 0.15) is 6.61 Å². The van der Waals surface area contributed by atoms with Gasteiger partial charge in [0, 0.05) is 19.4 Å². The van der Waals surface area contributed by atoms with E-state index in [0.717, 1.165) is 96.3 Å². The van der Waals surface area contributed by atoms with Crippen molar-refractivity contribution in [1.29, 1.82) is 0 Å². The number of ether oxygens (including phenoxy) is 3. The van der Waals surface area contributed by atoms with Crippen LogP contribution in [0.5, 0.6) is 0 Å². The molecule has 0 N–H and O–H groups in total. The van der Waals surface area contributed by atoms with Crippen molar-refractivity contribution in [3.63, 3.8) is 0 Å². The third-order valence-electron chi connectivity index (χ3n) is 13.0. The molecule has 0 bridgehead atoms. The molecule has 5 heteroatoms. The fourth-order valence-electron chi connectivity index (χ4n) is 8.47. The standard InChI is InChI=1S/C69H116O5/c1-4-7-10-13-16-19-22-25-28-31-34-37-40-43-46-49-52-55-58-61-64-72-65-67(74-69(71)63-60-57-54-51-48-45-42-39-36-33-30-27-24-21-18-15-12-9-6-3)66-73-68(70)62-59-56-53-50-47-44-41-38-35-32-29-26-23-20-17-14-11-8-5-2/h7-8,10-11,16-17,19-20,25-26,28-29,34-35,37-38,44,47,53,56,67H,4-6,9,12-15,18,21-24,27,30-33,36,39-43,45-46,48-52,54-55,57-66H2,1-3H3/b10-7-,11-8-,19-16-,20-17-,28-25-,29-26-,37-34-,38-35-,47-44-,56-53-. The number of hydrogen-bond donors (Lipinski definition) is 0. The molecule has 0 aliphatic carbocycles. The number of rotatable bonds is 56. The second kappa shape index (κ2) is 63.6. The summed E-state index contributed by atoms with van der Waals surface area (Å²) < 4.78 is 17.5. The van der Waals surface area contributed by atoms with E-state index in [9.17, 15) is 9.59 Å². The summed E-state index contributed by atoms with van der Waals surface area (Å²) in [6, 6.07) is 0. The van der Waals surface area contributed by atoms with Crippen molar-refractivity contribution in [2.24, 2.45) is 0 Å². The minimum Gasteiger partial charge on any atom is -0.462 e. The minimum absolute atomic E-state index is 0.0361. The number of carbonyl (C=O) groups is 2. The van der Waals surface area contributed by atoms with Crippen LogP contribution < -0.4 is 0 Å². The van der Waals surface area contributed by atoms with Gasteiger partial charge >= 0.3 is 11.9 Å². The summed E-state index contributed by atoms with van der Waals surface area (Å²) in [6.45, 7) is 7.52. The number of unbranched alkanes of at least 4 members (excludes halogenated alkanes) is 25. The molecule has 0 aliphatic heterocycles.